The summed E-state index contributed by atoms with van der Waals surface area (Å²) in [6.07, 6.45) is 0.624. The van der Waals surface area contributed by atoms with E-state index in [1.807, 2.05) is 31.2 Å². The topological polar surface area (TPSA) is 89.5 Å². The maximum Gasteiger partial charge on any atom is 0.307 e. The highest BCUT2D eigenvalue weighted by atomic mass is 32.2. The van der Waals surface area contributed by atoms with Gasteiger partial charge in [0.15, 0.2) is 16.4 Å². The molecule has 1 aliphatic rings. The number of sulfone groups is 1. The van der Waals surface area contributed by atoms with Gasteiger partial charge in [-0.1, -0.05) is 17.7 Å². The first-order valence-corrected chi connectivity index (χ1v) is 10.5. The average Bonchev–Trinajstić information content (AvgIpc) is 2.86. The van der Waals surface area contributed by atoms with Crippen LogP contribution >= 0.6 is 11.8 Å². The Hall–Kier alpha value is -1.54. The van der Waals surface area contributed by atoms with Crippen LogP contribution in [0.2, 0.25) is 0 Å². The van der Waals surface area contributed by atoms with Gasteiger partial charge in [0.25, 0.3) is 5.91 Å². The molecular formula is C16H21NO5S2. The normalized spacial score (nSPS) is 19.0. The molecule has 0 radical (unpaired) electrons. The van der Waals surface area contributed by atoms with Crippen molar-refractivity contribution >= 4 is 33.5 Å². The first-order chi connectivity index (χ1) is 11.3. The van der Waals surface area contributed by atoms with Crippen LogP contribution in [0.5, 0.6) is 0 Å². The van der Waals surface area contributed by atoms with Crippen LogP contribution in [0.3, 0.4) is 0 Å². The van der Waals surface area contributed by atoms with Gasteiger partial charge in [0.1, 0.15) is 0 Å². The average molecular weight is 371 g/mol. The van der Waals surface area contributed by atoms with Gasteiger partial charge in [-0.15, -0.1) is 11.8 Å². The van der Waals surface area contributed by atoms with Crippen LogP contribution in [-0.2, 0) is 24.2 Å². The molecule has 6 nitrogen and oxygen atoms in total. The molecule has 2 rings (SSSR count). The summed E-state index contributed by atoms with van der Waals surface area (Å²) in [5.41, 5.74) is 1.18. The smallest absolute Gasteiger partial charge is 0.307 e. The van der Waals surface area contributed by atoms with Gasteiger partial charge in [-0.2, -0.15) is 0 Å². The largest absolute Gasteiger partial charge is 0.456 e. The molecule has 1 amide bonds. The van der Waals surface area contributed by atoms with Crippen molar-refractivity contribution in [3.63, 3.8) is 0 Å². The van der Waals surface area contributed by atoms with E-state index in [2.05, 4.69) is 5.32 Å². The molecule has 0 saturated carbocycles. The number of thioether (sulfide) groups is 1. The van der Waals surface area contributed by atoms with Gasteiger partial charge in [-0.05, 0) is 25.5 Å². The zero-order valence-electron chi connectivity index (χ0n) is 13.5. The molecule has 1 aromatic carbocycles. The minimum Gasteiger partial charge on any atom is -0.456 e. The van der Waals surface area contributed by atoms with Gasteiger partial charge in [-0.3, -0.25) is 9.59 Å². The Balaban J connectivity index is 1.60. The summed E-state index contributed by atoms with van der Waals surface area (Å²) in [5, 5.41) is 2.58. The predicted octanol–water partition coefficient (Wildman–Crippen LogP) is 1.32. The first-order valence-electron chi connectivity index (χ1n) is 7.69. The molecule has 1 fully saturated rings. The molecule has 1 heterocycles. The van der Waals surface area contributed by atoms with Crippen LogP contribution in [0.1, 0.15) is 18.4 Å². The second kappa shape index (κ2) is 8.53. The number of hydrogen-bond donors (Lipinski definition) is 1. The molecule has 8 heteroatoms. The van der Waals surface area contributed by atoms with Gasteiger partial charge in [0.2, 0.25) is 0 Å². The van der Waals surface area contributed by atoms with Gasteiger partial charge in [0.05, 0.1) is 17.9 Å². The van der Waals surface area contributed by atoms with E-state index >= 15 is 0 Å². The summed E-state index contributed by atoms with van der Waals surface area (Å²) in [7, 11) is -3.04. The highest BCUT2D eigenvalue weighted by Gasteiger charge is 2.28. The SMILES string of the molecule is Cc1ccc(SCCC(=O)OCC(=O)N[C@@H]2CCS(=O)(=O)C2)cc1. The number of ether oxygens (including phenoxy) is 1. The van der Waals surface area contributed by atoms with Gasteiger partial charge in [-0.25, -0.2) is 8.42 Å². The summed E-state index contributed by atoms with van der Waals surface area (Å²) >= 11 is 1.55. The summed E-state index contributed by atoms with van der Waals surface area (Å²) in [6, 6.07) is 7.63. The standard InChI is InChI=1S/C16H21NO5S2/c1-12-2-4-14(5-3-12)23-8-6-16(19)22-10-15(18)17-13-7-9-24(20,21)11-13/h2-5,13H,6-11H2,1H3,(H,17,18)/t13-/m1/s1. The Kier molecular flexibility index (Phi) is 6.68. The molecule has 0 unspecified atom stereocenters. The fraction of sp³-hybridized carbons (Fsp3) is 0.500. The van der Waals surface area contributed by atoms with Crippen LogP contribution in [0.15, 0.2) is 29.2 Å². The minimum atomic E-state index is -3.04. The highest BCUT2D eigenvalue weighted by molar-refractivity contribution is 7.99. The lowest BCUT2D eigenvalue weighted by atomic mass is 10.2. The minimum absolute atomic E-state index is 0.0418. The van der Waals surface area contributed by atoms with Crippen LogP contribution < -0.4 is 5.32 Å². The van der Waals surface area contributed by atoms with Crippen LogP contribution in [0, 0.1) is 6.92 Å². The quantitative estimate of drug-likeness (QED) is 0.574. The van der Waals surface area contributed by atoms with Crippen LogP contribution in [0.4, 0.5) is 0 Å². The third kappa shape index (κ3) is 6.52. The van der Waals surface area contributed by atoms with Crippen molar-refractivity contribution in [2.45, 2.75) is 30.7 Å². The van der Waals surface area contributed by atoms with E-state index in [-0.39, 0.29) is 30.6 Å². The summed E-state index contributed by atoms with van der Waals surface area (Å²) in [4.78, 5) is 24.4. The number of hydrogen-bond acceptors (Lipinski definition) is 6. The molecule has 1 N–H and O–H groups in total. The maximum absolute atomic E-state index is 11.7. The lowest BCUT2D eigenvalue weighted by Crippen LogP contribution is -2.38. The molecule has 0 aromatic heterocycles. The Labute approximate surface area is 146 Å². The van der Waals surface area contributed by atoms with E-state index in [0.29, 0.717) is 12.2 Å². The Bertz CT molecular complexity index is 685. The first kappa shape index (κ1) is 18.8. The monoisotopic (exact) mass is 371 g/mol. The van der Waals surface area contributed by atoms with Gasteiger partial charge >= 0.3 is 5.97 Å². The lowest BCUT2D eigenvalue weighted by Gasteiger charge is -2.11. The van der Waals surface area contributed by atoms with Crippen molar-refractivity contribution in [3.05, 3.63) is 29.8 Å². The Morgan fingerprint density at radius 2 is 2.00 bits per heavy atom. The molecule has 0 aliphatic carbocycles. The summed E-state index contributed by atoms with van der Waals surface area (Å²) < 4.78 is 27.5. The summed E-state index contributed by atoms with van der Waals surface area (Å²) in [5.74, 6) is -0.279. The molecule has 1 aliphatic heterocycles. The number of benzene rings is 1. The van der Waals surface area contributed by atoms with E-state index in [1.165, 1.54) is 5.56 Å². The molecule has 132 valence electrons. The van der Waals surface area contributed by atoms with E-state index in [0.717, 1.165) is 4.90 Å². The zero-order valence-corrected chi connectivity index (χ0v) is 15.1. The molecule has 0 spiro atoms. The fourth-order valence-electron chi connectivity index (χ4n) is 2.28. The zero-order chi connectivity index (χ0) is 17.6. The molecule has 0 bridgehead atoms. The predicted molar refractivity (Wildman–Crippen MR) is 92.7 cm³/mol. The van der Waals surface area contributed by atoms with Crippen molar-refractivity contribution in [3.8, 4) is 0 Å². The number of amides is 1. The van der Waals surface area contributed by atoms with Crippen LogP contribution in [0.25, 0.3) is 0 Å². The maximum atomic E-state index is 11.7. The van der Waals surface area contributed by atoms with E-state index in [1.54, 1.807) is 11.8 Å². The molecular weight excluding hydrogens is 350 g/mol. The second-order valence-corrected chi connectivity index (χ2v) is 9.14. The van der Waals surface area contributed by atoms with E-state index in [4.69, 9.17) is 4.74 Å². The lowest BCUT2D eigenvalue weighted by molar-refractivity contribution is -0.148. The number of rotatable bonds is 7. The van der Waals surface area contributed by atoms with Crippen molar-refractivity contribution in [2.75, 3.05) is 23.9 Å². The molecule has 1 atom stereocenters. The van der Waals surface area contributed by atoms with Gasteiger partial charge in [0, 0.05) is 16.7 Å². The third-order valence-electron chi connectivity index (χ3n) is 3.56. The number of nitrogens with one attached hydrogen (secondary N) is 1. The van der Waals surface area contributed by atoms with Crippen molar-refractivity contribution in [1.29, 1.82) is 0 Å². The fourth-order valence-corrected chi connectivity index (χ4v) is 4.79. The molecule has 1 saturated heterocycles. The Morgan fingerprint density at radius 3 is 2.62 bits per heavy atom. The molecule has 1 aromatic rings. The van der Waals surface area contributed by atoms with Crippen molar-refractivity contribution < 1.29 is 22.7 Å². The molecule has 24 heavy (non-hydrogen) atoms. The second-order valence-electron chi connectivity index (χ2n) is 5.74. The number of aryl methyl sites for hydroxylation is 1. The highest BCUT2D eigenvalue weighted by Crippen LogP contribution is 2.19. The number of esters is 1. The third-order valence-corrected chi connectivity index (χ3v) is 6.34. The van der Waals surface area contributed by atoms with Gasteiger partial charge < -0.3 is 10.1 Å². The Morgan fingerprint density at radius 1 is 1.29 bits per heavy atom. The number of carbonyl (C=O) groups excluding carboxylic acids is 2. The number of carbonyl (C=O) groups is 2. The van der Waals surface area contributed by atoms with E-state index in [9.17, 15) is 18.0 Å². The van der Waals surface area contributed by atoms with Crippen LogP contribution in [-0.4, -0.2) is 50.2 Å². The van der Waals surface area contributed by atoms with Crippen molar-refractivity contribution in [1.82, 2.24) is 5.32 Å². The van der Waals surface area contributed by atoms with E-state index < -0.39 is 21.7 Å². The summed E-state index contributed by atoms with van der Waals surface area (Å²) in [6.45, 7) is 1.64. The van der Waals surface area contributed by atoms with Crippen molar-refractivity contribution in [2.24, 2.45) is 0 Å².